The summed E-state index contributed by atoms with van der Waals surface area (Å²) in [6, 6.07) is 7.67. The van der Waals surface area contributed by atoms with Crippen LogP contribution in [0.25, 0.3) is 0 Å². The molecule has 0 radical (unpaired) electrons. The van der Waals surface area contributed by atoms with Gasteiger partial charge in [0, 0.05) is 36.3 Å². The van der Waals surface area contributed by atoms with Crippen molar-refractivity contribution in [1.82, 2.24) is 4.90 Å². The van der Waals surface area contributed by atoms with Crippen LogP contribution >= 0.6 is 0 Å². The van der Waals surface area contributed by atoms with Crippen LogP contribution in [-0.2, 0) is 4.79 Å². The second-order valence-corrected chi connectivity index (χ2v) is 8.62. The van der Waals surface area contributed by atoms with Crippen molar-refractivity contribution in [2.45, 2.75) is 57.4 Å². The van der Waals surface area contributed by atoms with E-state index >= 15 is 0 Å². The molecule has 3 fully saturated rings. The molecule has 0 aromatic heterocycles. The quantitative estimate of drug-likeness (QED) is 0.857. The van der Waals surface area contributed by atoms with Crippen LogP contribution in [0.2, 0.25) is 0 Å². The van der Waals surface area contributed by atoms with Crippen molar-refractivity contribution in [3.05, 3.63) is 29.8 Å². The number of nitrogens with zero attached hydrogens (tertiary/aromatic N) is 1. The maximum absolute atomic E-state index is 12.8. The highest BCUT2D eigenvalue weighted by atomic mass is 16.2. The lowest BCUT2D eigenvalue weighted by atomic mass is 9.65. The van der Waals surface area contributed by atoms with Crippen LogP contribution in [0.3, 0.4) is 0 Å². The van der Waals surface area contributed by atoms with E-state index < -0.39 is 0 Å². The molecule has 5 heteroatoms. The van der Waals surface area contributed by atoms with E-state index in [1.807, 2.05) is 29.2 Å². The predicted molar refractivity (Wildman–Crippen MR) is 106 cm³/mol. The normalized spacial score (nSPS) is 30.6. The van der Waals surface area contributed by atoms with E-state index in [4.69, 9.17) is 5.73 Å². The minimum absolute atomic E-state index is 0.0431. The van der Waals surface area contributed by atoms with Crippen LogP contribution in [0, 0.1) is 17.8 Å². The fourth-order valence-electron chi connectivity index (χ4n) is 5.26. The summed E-state index contributed by atoms with van der Waals surface area (Å²) in [5.74, 6) is 1.17. The Morgan fingerprint density at radius 3 is 2.41 bits per heavy atom. The lowest BCUT2D eigenvalue weighted by molar-refractivity contribution is -0.122. The number of amides is 2. The van der Waals surface area contributed by atoms with Gasteiger partial charge in [-0.2, -0.15) is 0 Å². The van der Waals surface area contributed by atoms with Crippen LogP contribution in [0.1, 0.15) is 61.7 Å². The number of fused-ring (bicyclic) bond motifs is 2. The first-order valence-corrected chi connectivity index (χ1v) is 10.6. The monoisotopic (exact) mass is 369 g/mol. The molecule has 3 aliphatic rings. The van der Waals surface area contributed by atoms with Gasteiger partial charge in [-0.25, -0.2) is 0 Å². The third-order valence-electron chi connectivity index (χ3n) is 6.80. The molecular weight excluding hydrogens is 338 g/mol. The van der Waals surface area contributed by atoms with Gasteiger partial charge in [0.1, 0.15) is 0 Å². The van der Waals surface area contributed by atoms with Gasteiger partial charge in [0.15, 0.2) is 0 Å². The molecule has 5 nitrogen and oxygen atoms in total. The van der Waals surface area contributed by atoms with Gasteiger partial charge in [-0.1, -0.05) is 12.5 Å². The van der Waals surface area contributed by atoms with Gasteiger partial charge in [0.05, 0.1) is 0 Å². The summed E-state index contributed by atoms with van der Waals surface area (Å²) in [5, 5.41) is 3.06. The number of hydrogen-bond donors (Lipinski definition) is 2. The lowest BCUT2D eigenvalue weighted by Gasteiger charge is -2.43. The second kappa shape index (κ2) is 8.01. The standard InChI is InChI=1S/C22H31N3O2/c23-20-15-6-4-7-16(20)13-18(12-15)21(26)24-19-9-5-8-17(14-19)22(27)25-10-2-1-3-11-25/h5,8-9,14-16,18,20H,1-4,6-7,10-13,23H2,(H,24,26). The molecule has 2 amide bonds. The number of likely N-dealkylation sites (tertiary alicyclic amines) is 1. The SMILES string of the molecule is NC1C2CCCC1CC(C(=O)Nc1cccc(C(=O)N3CCCCC3)c1)C2. The van der Waals surface area contributed by atoms with E-state index in [-0.39, 0.29) is 23.8 Å². The van der Waals surface area contributed by atoms with Crippen LogP contribution in [0.15, 0.2) is 24.3 Å². The number of piperidine rings is 1. The summed E-state index contributed by atoms with van der Waals surface area (Å²) in [6.45, 7) is 1.67. The number of rotatable bonds is 3. The van der Waals surface area contributed by atoms with Crippen molar-refractivity contribution < 1.29 is 9.59 Å². The molecule has 27 heavy (non-hydrogen) atoms. The van der Waals surface area contributed by atoms with Crippen molar-refractivity contribution in [2.24, 2.45) is 23.5 Å². The molecule has 1 heterocycles. The van der Waals surface area contributed by atoms with E-state index in [1.54, 1.807) is 0 Å². The summed E-state index contributed by atoms with van der Waals surface area (Å²) in [5.41, 5.74) is 7.74. The summed E-state index contributed by atoms with van der Waals surface area (Å²) < 4.78 is 0. The lowest BCUT2D eigenvalue weighted by Crippen LogP contribution is -2.48. The molecule has 0 spiro atoms. The smallest absolute Gasteiger partial charge is 0.253 e. The Balaban J connectivity index is 1.40. The molecule has 2 saturated carbocycles. The highest BCUT2D eigenvalue weighted by Crippen LogP contribution is 2.42. The third kappa shape index (κ3) is 4.03. The Bertz CT molecular complexity index is 685. The molecule has 2 atom stereocenters. The number of nitrogens with one attached hydrogen (secondary N) is 1. The fourth-order valence-corrected chi connectivity index (χ4v) is 5.26. The van der Waals surface area contributed by atoms with E-state index in [0.29, 0.717) is 17.4 Å². The van der Waals surface area contributed by atoms with Gasteiger partial charge in [0.2, 0.25) is 5.91 Å². The Labute approximate surface area is 161 Å². The average molecular weight is 370 g/mol. The van der Waals surface area contributed by atoms with E-state index in [0.717, 1.165) is 57.3 Å². The Hall–Kier alpha value is -1.88. The Morgan fingerprint density at radius 1 is 1.00 bits per heavy atom. The summed E-state index contributed by atoms with van der Waals surface area (Å²) >= 11 is 0. The van der Waals surface area contributed by atoms with Crippen LogP contribution < -0.4 is 11.1 Å². The number of anilines is 1. The summed E-state index contributed by atoms with van der Waals surface area (Å²) in [6.07, 6.45) is 8.71. The molecule has 1 aromatic carbocycles. The number of nitrogens with two attached hydrogens (primary N) is 1. The fraction of sp³-hybridized carbons (Fsp3) is 0.636. The Morgan fingerprint density at radius 2 is 1.70 bits per heavy atom. The van der Waals surface area contributed by atoms with Gasteiger partial charge >= 0.3 is 0 Å². The zero-order valence-electron chi connectivity index (χ0n) is 16.0. The van der Waals surface area contributed by atoms with Gasteiger partial charge in [-0.3, -0.25) is 9.59 Å². The molecule has 4 rings (SSSR count). The zero-order chi connectivity index (χ0) is 18.8. The van der Waals surface area contributed by atoms with Crippen molar-refractivity contribution in [2.75, 3.05) is 18.4 Å². The second-order valence-electron chi connectivity index (χ2n) is 8.62. The molecule has 146 valence electrons. The minimum atomic E-state index is 0.0431. The Kier molecular flexibility index (Phi) is 5.48. The minimum Gasteiger partial charge on any atom is -0.339 e. The first-order valence-electron chi connectivity index (χ1n) is 10.6. The molecule has 2 bridgehead atoms. The third-order valence-corrected chi connectivity index (χ3v) is 6.80. The highest BCUT2D eigenvalue weighted by Gasteiger charge is 2.40. The molecule has 3 N–H and O–H groups in total. The molecule has 1 aliphatic heterocycles. The first kappa shape index (κ1) is 18.5. The van der Waals surface area contributed by atoms with Gasteiger partial charge < -0.3 is 16.0 Å². The molecule has 2 unspecified atom stereocenters. The maximum atomic E-state index is 12.8. The van der Waals surface area contributed by atoms with E-state index in [2.05, 4.69) is 5.32 Å². The molecule has 1 aromatic rings. The highest BCUT2D eigenvalue weighted by molar-refractivity contribution is 5.97. The number of carbonyl (C=O) groups excluding carboxylic acids is 2. The number of benzene rings is 1. The van der Waals surface area contributed by atoms with Crippen molar-refractivity contribution in [3.8, 4) is 0 Å². The molecular formula is C22H31N3O2. The maximum Gasteiger partial charge on any atom is 0.253 e. The number of hydrogen-bond acceptors (Lipinski definition) is 3. The number of carbonyl (C=O) groups is 2. The largest absolute Gasteiger partial charge is 0.339 e. The van der Waals surface area contributed by atoms with Crippen LogP contribution in [0.4, 0.5) is 5.69 Å². The van der Waals surface area contributed by atoms with Crippen molar-refractivity contribution in [3.63, 3.8) is 0 Å². The zero-order valence-corrected chi connectivity index (χ0v) is 16.0. The average Bonchev–Trinajstić information content (AvgIpc) is 2.68. The van der Waals surface area contributed by atoms with E-state index in [1.165, 1.54) is 12.8 Å². The predicted octanol–water partition coefficient (Wildman–Crippen LogP) is 3.40. The summed E-state index contributed by atoms with van der Waals surface area (Å²) in [4.78, 5) is 27.5. The summed E-state index contributed by atoms with van der Waals surface area (Å²) in [7, 11) is 0. The van der Waals surface area contributed by atoms with Gasteiger partial charge in [-0.05, 0) is 75.0 Å². The molecule has 1 saturated heterocycles. The first-order chi connectivity index (χ1) is 13.1. The van der Waals surface area contributed by atoms with Crippen LogP contribution in [0.5, 0.6) is 0 Å². The van der Waals surface area contributed by atoms with E-state index in [9.17, 15) is 9.59 Å². The van der Waals surface area contributed by atoms with Crippen molar-refractivity contribution >= 4 is 17.5 Å². The van der Waals surface area contributed by atoms with Crippen molar-refractivity contribution in [1.29, 1.82) is 0 Å². The van der Waals surface area contributed by atoms with Gasteiger partial charge in [-0.15, -0.1) is 0 Å². The topological polar surface area (TPSA) is 75.4 Å². The molecule has 2 aliphatic carbocycles. The van der Waals surface area contributed by atoms with Gasteiger partial charge in [0.25, 0.3) is 5.91 Å². The van der Waals surface area contributed by atoms with Crippen LogP contribution in [-0.4, -0.2) is 35.8 Å².